The summed E-state index contributed by atoms with van der Waals surface area (Å²) in [6, 6.07) is 8.00. The summed E-state index contributed by atoms with van der Waals surface area (Å²) in [4.78, 5) is 11.5. The van der Waals surface area contributed by atoms with Crippen molar-refractivity contribution in [1.82, 2.24) is 5.32 Å². The van der Waals surface area contributed by atoms with Crippen LogP contribution in [0.2, 0.25) is 0 Å². The van der Waals surface area contributed by atoms with E-state index < -0.39 is 6.10 Å². The molecule has 0 radical (unpaired) electrons. The van der Waals surface area contributed by atoms with Gasteiger partial charge in [-0.2, -0.15) is 0 Å². The highest BCUT2D eigenvalue weighted by molar-refractivity contribution is 9.10. The number of carbonyl (C=O) groups is 1. The van der Waals surface area contributed by atoms with Crippen molar-refractivity contribution < 1.29 is 9.53 Å². The Kier molecular flexibility index (Phi) is 6.18. The highest BCUT2D eigenvalue weighted by Gasteiger charge is 2.14. The van der Waals surface area contributed by atoms with Crippen molar-refractivity contribution in [2.75, 3.05) is 20.2 Å². The summed E-state index contributed by atoms with van der Waals surface area (Å²) in [5, 5.41) is 2.79. The maximum atomic E-state index is 11.5. The molecule has 0 spiro atoms. The number of nitrogens with two attached hydrogens (primary N) is 1. The minimum Gasteiger partial charge on any atom is -0.370 e. The van der Waals surface area contributed by atoms with Gasteiger partial charge in [0.1, 0.15) is 6.10 Å². The van der Waals surface area contributed by atoms with Crippen molar-refractivity contribution in [3.05, 3.63) is 34.3 Å². The Morgan fingerprint density at radius 1 is 1.47 bits per heavy atom. The third-order valence-electron chi connectivity index (χ3n) is 2.42. The van der Waals surface area contributed by atoms with Crippen LogP contribution in [0.4, 0.5) is 0 Å². The Labute approximate surface area is 110 Å². The standard InChI is InChI=1S/C12H17BrN2O2/c1-17-11(8-14)12(16)15-7-6-9-2-4-10(13)5-3-9/h2-5,11H,6-8,14H2,1H3,(H,15,16). The second kappa shape index (κ2) is 7.42. The minimum absolute atomic E-state index is 0.160. The lowest BCUT2D eigenvalue weighted by Crippen LogP contribution is -2.41. The average Bonchev–Trinajstić information content (AvgIpc) is 2.33. The van der Waals surface area contributed by atoms with E-state index in [1.165, 1.54) is 12.7 Å². The summed E-state index contributed by atoms with van der Waals surface area (Å²) < 4.78 is 5.99. The van der Waals surface area contributed by atoms with Gasteiger partial charge < -0.3 is 15.8 Å². The molecule has 0 saturated carbocycles. The lowest BCUT2D eigenvalue weighted by molar-refractivity contribution is -0.130. The van der Waals surface area contributed by atoms with Gasteiger partial charge in [0.25, 0.3) is 0 Å². The first-order valence-corrected chi connectivity index (χ1v) is 6.21. The van der Waals surface area contributed by atoms with E-state index in [-0.39, 0.29) is 12.5 Å². The van der Waals surface area contributed by atoms with Crippen LogP contribution in [0.25, 0.3) is 0 Å². The number of hydrogen-bond donors (Lipinski definition) is 2. The molecule has 1 rings (SSSR count). The fourth-order valence-corrected chi connectivity index (χ4v) is 1.67. The predicted octanol–water partition coefficient (Wildman–Crippen LogP) is 1.08. The Morgan fingerprint density at radius 3 is 2.65 bits per heavy atom. The number of methoxy groups -OCH3 is 1. The maximum absolute atomic E-state index is 11.5. The van der Waals surface area contributed by atoms with Crippen LogP contribution in [0.3, 0.4) is 0 Å². The number of carbonyl (C=O) groups excluding carboxylic acids is 1. The molecule has 4 nitrogen and oxygen atoms in total. The third-order valence-corrected chi connectivity index (χ3v) is 2.95. The van der Waals surface area contributed by atoms with E-state index in [9.17, 15) is 4.79 Å². The molecule has 0 aliphatic rings. The molecule has 0 fully saturated rings. The van der Waals surface area contributed by atoms with Gasteiger partial charge in [0, 0.05) is 24.7 Å². The van der Waals surface area contributed by atoms with Crippen molar-refractivity contribution in [2.45, 2.75) is 12.5 Å². The molecule has 0 saturated heterocycles. The first-order chi connectivity index (χ1) is 8.17. The van der Waals surface area contributed by atoms with Gasteiger partial charge in [-0.05, 0) is 24.1 Å². The van der Waals surface area contributed by atoms with E-state index in [0.29, 0.717) is 6.54 Å². The average molecular weight is 301 g/mol. The van der Waals surface area contributed by atoms with Gasteiger partial charge in [0.2, 0.25) is 5.91 Å². The third kappa shape index (κ3) is 4.85. The molecule has 0 aliphatic carbocycles. The summed E-state index contributed by atoms with van der Waals surface area (Å²) >= 11 is 3.37. The van der Waals surface area contributed by atoms with Crippen LogP contribution in [-0.4, -0.2) is 32.2 Å². The number of ether oxygens (including phenoxy) is 1. The lowest BCUT2D eigenvalue weighted by atomic mass is 10.1. The van der Waals surface area contributed by atoms with Crippen LogP contribution in [0.15, 0.2) is 28.7 Å². The van der Waals surface area contributed by atoms with Crippen LogP contribution in [-0.2, 0) is 16.0 Å². The van der Waals surface area contributed by atoms with Gasteiger partial charge in [-0.15, -0.1) is 0 Å². The summed E-state index contributed by atoms with van der Waals surface area (Å²) in [7, 11) is 1.48. The molecule has 17 heavy (non-hydrogen) atoms. The van der Waals surface area contributed by atoms with Gasteiger partial charge in [-0.3, -0.25) is 4.79 Å². The molecule has 0 aliphatic heterocycles. The van der Waals surface area contributed by atoms with Crippen molar-refractivity contribution in [2.24, 2.45) is 5.73 Å². The van der Waals surface area contributed by atoms with Crippen LogP contribution in [0.5, 0.6) is 0 Å². The highest BCUT2D eigenvalue weighted by Crippen LogP contribution is 2.10. The smallest absolute Gasteiger partial charge is 0.250 e. The molecule has 1 amide bonds. The molecule has 1 aromatic rings. The Bertz CT molecular complexity index is 350. The number of halogens is 1. The first-order valence-electron chi connectivity index (χ1n) is 5.42. The topological polar surface area (TPSA) is 64.3 Å². The monoisotopic (exact) mass is 300 g/mol. The maximum Gasteiger partial charge on any atom is 0.250 e. The number of amides is 1. The van der Waals surface area contributed by atoms with Crippen LogP contribution in [0, 0.1) is 0 Å². The lowest BCUT2D eigenvalue weighted by Gasteiger charge is -2.12. The normalized spacial score (nSPS) is 12.2. The minimum atomic E-state index is -0.556. The van der Waals surface area contributed by atoms with E-state index in [2.05, 4.69) is 21.2 Å². The van der Waals surface area contributed by atoms with Crippen molar-refractivity contribution >= 4 is 21.8 Å². The Balaban J connectivity index is 2.32. The van der Waals surface area contributed by atoms with E-state index in [1.54, 1.807) is 0 Å². The second-order valence-corrected chi connectivity index (χ2v) is 4.54. The molecule has 1 aromatic carbocycles. The largest absolute Gasteiger partial charge is 0.370 e. The fourth-order valence-electron chi connectivity index (χ4n) is 1.41. The molecular weight excluding hydrogens is 284 g/mol. The van der Waals surface area contributed by atoms with Gasteiger partial charge in [0.05, 0.1) is 0 Å². The quantitative estimate of drug-likeness (QED) is 0.826. The zero-order chi connectivity index (χ0) is 12.7. The Morgan fingerprint density at radius 2 is 2.12 bits per heavy atom. The molecule has 5 heteroatoms. The van der Waals surface area contributed by atoms with E-state index in [4.69, 9.17) is 10.5 Å². The molecule has 1 atom stereocenters. The predicted molar refractivity (Wildman–Crippen MR) is 70.7 cm³/mol. The second-order valence-electron chi connectivity index (χ2n) is 3.63. The highest BCUT2D eigenvalue weighted by atomic mass is 79.9. The zero-order valence-electron chi connectivity index (χ0n) is 9.78. The molecule has 1 unspecified atom stereocenters. The number of hydrogen-bond acceptors (Lipinski definition) is 3. The molecular formula is C12H17BrN2O2. The fraction of sp³-hybridized carbons (Fsp3) is 0.417. The van der Waals surface area contributed by atoms with Gasteiger partial charge in [-0.1, -0.05) is 28.1 Å². The summed E-state index contributed by atoms with van der Waals surface area (Å²) in [5.74, 6) is -0.160. The van der Waals surface area contributed by atoms with Gasteiger partial charge >= 0.3 is 0 Å². The van der Waals surface area contributed by atoms with E-state index in [1.807, 2.05) is 24.3 Å². The molecule has 0 bridgehead atoms. The van der Waals surface area contributed by atoms with Crippen molar-refractivity contribution in [1.29, 1.82) is 0 Å². The van der Waals surface area contributed by atoms with Crippen LogP contribution < -0.4 is 11.1 Å². The molecule has 94 valence electrons. The van der Waals surface area contributed by atoms with Crippen molar-refractivity contribution in [3.63, 3.8) is 0 Å². The van der Waals surface area contributed by atoms with E-state index in [0.717, 1.165) is 10.9 Å². The zero-order valence-corrected chi connectivity index (χ0v) is 11.4. The summed E-state index contributed by atoms with van der Waals surface area (Å²) in [6.45, 7) is 0.779. The Hall–Kier alpha value is -0.910. The number of nitrogens with one attached hydrogen (secondary N) is 1. The molecule has 0 aromatic heterocycles. The summed E-state index contributed by atoms with van der Waals surface area (Å²) in [5.41, 5.74) is 6.57. The molecule has 3 N–H and O–H groups in total. The van der Waals surface area contributed by atoms with Crippen LogP contribution in [0.1, 0.15) is 5.56 Å². The number of benzene rings is 1. The van der Waals surface area contributed by atoms with Gasteiger partial charge in [0.15, 0.2) is 0 Å². The first kappa shape index (κ1) is 14.2. The molecule has 0 heterocycles. The van der Waals surface area contributed by atoms with Crippen molar-refractivity contribution in [3.8, 4) is 0 Å². The van der Waals surface area contributed by atoms with Gasteiger partial charge in [-0.25, -0.2) is 0 Å². The SMILES string of the molecule is COC(CN)C(=O)NCCc1ccc(Br)cc1. The number of rotatable bonds is 6. The summed E-state index contributed by atoms with van der Waals surface area (Å²) in [6.07, 6.45) is 0.236. The van der Waals surface area contributed by atoms with Crippen LogP contribution >= 0.6 is 15.9 Å². The van der Waals surface area contributed by atoms with E-state index >= 15 is 0 Å².